The second-order valence-corrected chi connectivity index (χ2v) is 7.67. The van der Waals surface area contributed by atoms with E-state index in [1.54, 1.807) is 0 Å². The van der Waals surface area contributed by atoms with Crippen molar-refractivity contribution in [2.75, 3.05) is 18.1 Å². The molecular weight excluding hydrogens is 510 g/mol. The third-order valence-electron chi connectivity index (χ3n) is 4.85. The Morgan fingerprint density at radius 3 is 2.37 bits per heavy atom. The number of nitrogens with zero attached hydrogens (tertiary/aromatic N) is 3. The van der Waals surface area contributed by atoms with Gasteiger partial charge in [-0.15, -0.1) is 13.2 Å². The van der Waals surface area contributed by atoms with Crippen LogP contribution in [0.25, 0.3) is 0 Å². The third-order valence-corrected chi connectivity index (χ3v) is 5.03. The number of nitrogens with one attached hydrogen (secondary N) is 1. The van der Waals surface area contributed by atoms with E-state index in [-0.39, 0.29) is 24.3 Å². The molecule has 3 atom stereocenters. The molecule has 190 valence electrons. The second-order valence-electron chi connectivity index (χ2n) is 7.29. The summed E-state index contributed by atoms with van der Waals surface area (Å²) in [5.41, 5.74) is -3.08. The van der Waals surface area contributed by atoms with Gasteiger partial charge in [0.2, 0.25) is 5.91 Å². The number of carbonyl (C=O) groups excluding carboxylic acids is 2. The van der Waals surface area contributed by atoms with E-state index in [1.165, 1.54) is 0 Å². The van der Waals surface area contributed by atoms with Gasteiger partial charge in [-0.1, -0.05) is 11.6 Å². The quantitative estimate of drug-likeness (QED) is 0.438. The predicted molar refractivity (Wildman–Crippen MR) is 108 cm³/mol. The molecule has 2 amide bonds. The molecular formula is C20H17ClF6N4O4. The number of halogens is 7. The largest absolute Gasteiger partial charge is 0.573 e. The Morgan fingerprint density at radius 1 is 1.20 bits per heavy atom. The molecule has 0 bridgehead atoms. The molecule has 0 radical (unpaired) electrons. The minimum Gasteiger partial charge on any atom is -0.406 e. The molecule has 1 aliphatic rings. The highest BCUT2D eigenvalue weighted by Crippen LogP contribution is 2.33. The van der Waals surface area contributed by atoms with Crippen molar-refractivity contribution in [3.63, 3.8) is 0 Å². The molecule has 8 nitrogen and oxygen atoms in total. The summed E-state index contributed by atoms with van der Waals surface area (Å²) in [5.74, 6) is -6.75. The lowest BCUT2D eigenvalue weighted by Gasteiger charge is -2.35. The Kier molecular flexibility index (Phi) is 8.05. The maximum Gasteiger partial charge on any atom is 0.573 e. The lowest BCUT2D eigenvalue weighted by Crippen LogP contribution is -2.56. The van der Waals surface area contributed by atoms with Crippen molar-refractivity contribution in [2.24, 2.45) is 0 Å². The minimum absolute atomic E-state index is 0.0722. The van der Waals surface area contributed by atoms with Crippen LogP contribution in [-0.2, 0) is 14.3 Å². The molecule has 3 rings (SSSR count). The molecule has 2 aromatic rings. The summed E-state index contributed by atoms with van der Waals surface area (Å²) >= 11 is 5.33. The van der Waals surface area contributed by atoms with Gasteiger partial charge >= 0.3 is 6.36 Å². The number of amides is 2. The Labute approximate surface area is 199 Å². The van der Waals surface area contributed by atoms with Gasteiger partial charge in [0.15, 0.2) is 0 Å². The summed E-state index contributed by atoms with van der Waals surface area (Å²) < 4.78 is 88.4. The van der Waals surface area contributed by atoms with Crippen LogP contribution in [0.2, 0.25) is 0 Å². The standard InChI is InChI=1S/C20H17ClF6N4O4/c21-16(22)18(33)31(12-1-3-13(4-2-12)35-20(25,26)27)15(11-7-28-10-29-8-11)17(32)30-14-5-6-34-9-19(14,23)24/h1-4,7-8,10,14-16H,5-6,9H2,(H,30,32)/t14-,15-,16+/m1/s1. The number of rotatable bonds is 7. The van der Waals surface area contributed by atoms with Crippen molar-refractivity contribution in [1.82, 2.24) is 15.3 Å². The van der Waals surface area contributed by atoms with E-state index in [4.69, 9.17) is 16.3 Å². The number of hydrogen-bond donors (Lipinski definition) is 1. The predicted octanol–water partition coefficient (Wildman–Crippen LogP) is 3.52. The highest BCUT2D eigenvalue weighted by Gasteiger charge is 2.45. The van der Waals surface area contributed by atoms with Gasteiger partial charge in [0, 0.05) is 30.3 Å². The van der Waals surface area contributed by atoms with Crippen LogP contribution in [-0.4, -0.2) is 59.0 Å². The second kappa shape index (κ2) is 10.6. The zero-order chi connectivity index (χ0) is 25.8. The summed E-state index contributed by atoms with van der Waals surface area (Å²) in [7, 11) is 0. The van der Waals surface area contributed by atoms with Gasteiger partial charge in [0.05, 0.1) is 6.04 Å². The molecule has 1 saturated heterocycles. The van der Waals surface area contributed by atoms with Crippen LogP contribution < -0.4 is 15.0 Å². The number of benzene rings is 1. The molecule has 2 heterocycles. The summed E-state index contributed by atoms with van der Waals surface area (Å²) in [6.45, 7) is -1.02. The monoisotopic (exact) mass is 526 g/mol. The summed E-state index contributed by atoms with van der Waals surface area (Å²) in [4.78, 5) is 33.9. The molecule has 1 aromatic carbocycles. The average molecular weight is 527 g/mol. The first-order chi connectivity index (χ1) is 16.4. The first kappa shape index (κ1) is 26.5. The van der Waals surface area contributed by atoms with Crippen LogP contribution in [0.3, 0.4) is 0 Å². The van der Waals surface area contributed by atoms with Gasteiger partial charge in [-0.05, 0) is 30.7 Å². The van der Waals surface area contributed by atoms with E-state index in [1.807, 2.05) is 0 Å². The molecule has 1 aromatic heterocycles. The van der Waals surface area contributed by atoms with E-state index in [2.05, 4.69) is 20.0 Å². The fraction of sp³-hybridized carbons (Fsp3) is 0.400. The molecule has 1 aliphatic heterocycles. The van der Waals surface area contributed by atoms with Crippen molar-refractivity contribution in [3.8, 4) is 5.75 Å². The smallest absolute Gasteiger partial charge is 0.406 e. The van der Waals surface area contributed by atoms with Gasteiger partial charge in [-0.3, -0.25) is 14.5 Å². The number of aromatic nitrogens is 2. The first-order valence-corrected chi connectivity index (χ1v) is 10.3. The average Bonchev–Trinajstić information content (AvgIpc) is 2.78. The number of alkyl halides is 7. The summed E-state index contributed by atoms with van der Waals surface area (Å²) in [6.07, 6.45) is -2.00. The van der Waals surface area contributed by atoms with Crippen LogP contribution in [0.15, 0.2) is 43.0 Å². The zero-order valence-corrected chi connectivity index (χ0v) is 18.3. The van der Waals surface area contributed by atoms with Crippen molar-refractivity contribution >= 4 is 29.1 Å². The van der Waals surface area contributed by atoms with Crippen LogP contribution in [0.4, 0.5) is 32.0 Å². The van der Waals surface area contributed by atoms with Crippen LogP contribution >= 0.6 is 11.6 Å². The molecule has 0 aliphatic carbocycles. The molecule has 0 spiro atoms. The van der Waals surface area contributed by atoms with Gasteiger partial charge in [-0.2, -0.15) is 0 Å². The van der Waals surface area contributed by atoms with E-state index in [0.717, 1.165) is 43.0 Å². The summed E-state index contributed by atoms with van der Waals surface area (Å²) in [6, 6.07) is 0.0132. The Bertz CT molecular complexity index is 1030. The van der Waals surface area contributed by atoms with Gasteiger partial charge in [-0.25, -0.2) is 23.1 Å². The summed E-state index contributed by atoms with van der Waals surface area (Å²) in [5, 5.41) is 2.14. The highest BCUT2D eigenvalue weighted by atomic mass is 35.5. The molecule has 1 N–H and O–H groups in total. The lowest BCUT2D eigenvalue weighted by atomic mass is 10.0. The van der Waals surface area contributed by atoms with Crippen molar-refractivity contribution in [2.45, 2.75) is 36.4 Å². The normalized spacial score (nSPS) is 19.3. The molecule has 15 heteroatoms. The molecule has 35 heavy (non-hydrogen) atoms. The fourth-order valence-corrected chi connectivity index (χ4v) is 3.44. The SMILES string of the molecule is O=C(N[C@@H]1CCOCC1(F)F)[C@@H](c1cncnc1)N(C(=O)[C@H](F)Cl)c1ccc(OC(F)(F)F)cc1. The van der Waals surface area contributed by atoms with Gasteiger partial charge in [0.1, 0.15) is 24.7 Å². The van der Waals surface area contributed by atoms with E-state index >= 15 is 0 Å². The number of hydrogen-bond acceptors (Lipinski definition) is 6. The maximum atomic E-state index is 14.3. The Balaban J connectivity index is 2.02. The molecule has 0 unspecified atom stereocenters. The van der Waals surface area contributed by atoms with Crippen LogP contribution in [0, 0.1) is 0 Å². The number of anilines is 1. The topological polar surface area (TPSA) is 93.6 Å². The van der Waals surface area contributed by atoms with Crippen molar-refractivity contribution in [3.05, 3.63) is 48.5 Å². The zero-order valence-electron chi connectivity index (χ0n) is 17.5. The molecule has 0 saturated carbocycles. The van der Waals surface area contributed by atoms with Gasteiger partial charge in [0.25, 0.3) is 17.5 Å². The molecule has 1 fully saturated rings. The van der Waals surface area contributed by atoms with Crippen LogP contribution in [0.1, 0.15) is 18.0 Å². The first-order valence-electron chi connectivity index (χ1n) is 9.87. The fourth-order valence-electron chi connectivity index (χ4n) is 3.34. The van der Waals surface area contributed by atoms with E-state index in [0.29, 0.717) is 4.90 Å². The Morgan fingerprint density at radius 2 is 1.83 bits per heavy atom. The maximum absolute atomic E-state index is 14.3. The lowest BCUT2D eigenvalue weighted by molar-refractivity contribution is -0.274. The van der Waals surface area contributed by atoms with E-state index < -0.39 is 54.2 Å². The highest BCUT2D eigenvalue weighted by molar-refractivity contribution is 6.32. The van der Waals surface area contributed by atoms with Crippen molar-refractivity contribution < 1.29 is 45.4 Å². The van der Waals surface area contributed by atoms with E-state index in [9.17, 15) is 35.9 Å². The number of ether oxygens (including phenoxy) is 2. The van der Waals surface area contributed by atoms with Gasteiger partial charge < -0.3 is 14.8 Å². The third kappa shape index (κ3) is 6.72. The van der Waals surface area contributed by atoms with Crippen molar-refractivity contribution in [1.29, 1.82) is 0 Å². The number of carbonyl (C=O) groups is 2. The minimum atomic E-state index is -5.00. The van der Waals surface area contributed by atoms with Crippen LogP contribution in [0.5, 0.6) is 5.75 Å². The Hall–Kier alpha value is -3.13.